The Labute approximate surface area is 107 Å². The maximum absolute atomic E-state index is 11.7. The summed E-state index contributed by atoms with van der Waals surface area (Å²) in [5.74, 6) is -0.212. The van der Waals surface area contributed by atoms with Gasteiger partial charge in [-0.3, -0.25) is 4.79 Å². The van der Waals surface area contributed by atoms with Gasteiger partial charge in [-0.05, 0) is 14.1 Å². The first-order valence-electron chi connectivity index (χ1n) is 4.90. The van der Waals surface area contributed by atoms with Gasteiger partial charge in [-0.15, -0.1) is 12.4 Å². The van der Waals surface area contributed by atoms with Crippen LogP contribution in [0.4, 0.5) is 0 Å². The molecule has 0 amide bonds. The van der Waals surface area contributed by atoms with E-state index in [0.29, 0.717) is 15.7 Å². The number of hydroxylamine groups is 4. The molecular weight excluding hydrogens is 244 g/mol. The second-order valence-electron chi connectivity index (χ2n) is 3.57. The van der Waals surface area contributed by atoms with E-state index in [2.05, 4.69) is 0 Å². The lowest BCUT2D eigenvalue weighted by Gasteiger charge is -2.42. The van der Waals surface area contributed by atoms with Gasteiger partial charge in [-0.1, -0.05) is 30.3 Å². The maximum Gasteiger partial charge on any atom is 0.165 e. The molecule has 0 heterocycles. The molecule has 0 bridgehead atoms. The number of rotatable bonds is 5. The third-order valence-electron chi connectivity index (χ3n) is 2.30. The fourth-order valence-electron chi connectivity index (χ4n) is 1.39. The van der Waals surface area contributed by atoms with Crippen LogP contribution in [-0.4, -0.2) is 36.2 Å². The van der Waals surface area contributed by atoms with Gasteiger partial charge in [0, 0.05) is 18.2 Å². The number of carbonyl (C=O) groups excluding carboxylic acids is 1. The van der Waals surface area contributed by atoms with Crippen molar-refractivity contribution in [1.29, 1.82) is 0 Å². The molecule has 17 heavy (non-hydrogen) atoms. The number of halogens is 1. The molecule has 0 spiro atoms. The molecule has 6 heteroatoms. The van der Waals surface area contributed by atoms with E-state index in [-0.39, 0.29) is 24.6 Å². The molecule has 1 aromatic rings. The maximum atomic E-state index is 11.7. The van der Waals surface area contributed by atoms with Gasteiger partial charge in [0.25, 0.3) is 0 Å². The van der Waals surface area contributed by atoms with Crippen molar-refractivity contribution in [2.75, 3.05) is 14.1 Å². The Bertz CT molecular complexity index is 336. The third kappa shape index (κ3) is 4.80. The molecule has 0 radical (unpaired) electrons. The van der Waals surface area contributed by atoms with Crippen molar-refractivity contribution in [1.82, 2.24) is 10.1 Å². The zero-order chi connectivity index (χ0) is 12.1. The summed E-state index contributed by atoms with van der Waals surface area (Å²) < 4.78 is 0. The number of Topliss-reactive ketones (excluding diaryl/α,β-unsaturated/α-hetero) is 1. The Morgan fingerprint density at radius 3 is 2.06 bits per heavy atom. The van der Waals surface area contributed by atoms with Crippen LogP contribution in [0, 0.1) is 10.4 Å². The lowest BCUT2D eigenvalue weighted by molar-refractivity contribution is 0.0869. The monoisotopic (exact) mass is 258 g/mol. The Hall–Kier alpha value is -0.980. The first kappa shape index (κ1) is 16.0. The van der Waals surface area contributed by atoms with Crippen LogP contribution in [0.3, 0.4) is 0 Å². The average molecular weight is 259 g/mol. The molecular formula is C11H15ClN2O3-2. The predicted octanol–water partition coefficient (Wildman–Crippen LogP) is 1.87. The van der Waals surface area contributed by atoms with Crippen molar-refractivity contribution >= 4 is 18.2 Å². The summed E-state index contributed by atoms with van der Waals surface area (Å²) >= 11 is 0. The van der Waals surface area contributed by atoms with Crippen LogP contribution < -0.4 is 0 Å². The molecule has 0 aromatic heterocycles. The summed E-state index contributed by atoms with van der Waals surface area (Å²) in [6.45, 7) is 0. The largest absolute Gasteiger partial charge is 0.784 e. The smallest absolute Gasteiger partial charge is 0.165 e. The van der Waals surface area contributed by atoms with Gasteiger partial charge in [-0.2, -0.15) is 0 Å². The lowest BCUT2D eigenvalue weighted by Crippen LogP contribution is -2.40. The molecule has 0 unspecified atom stereocenters. The number of benzene rings is 1. The van der Waals surface area contributed by atoms with Gasteiger partial charge in [0.2, 0.25) is 0 Å². The number of hydrogen-bond donors (Lipinski definition) is 0. The van der Waals surface area contributed by atoms with Gasteiger partial charge in [0.15, 0.2) is 5.78 Å². The highest BCUT2D eigenvalue weighted by Gasteiger charge is 2.14. The predicted molar refractivity (Wildman–Crippen MR) is 68.7 cm³/mol. The summed E-state index contributed by atoms with van der Waals surface area (Å²) in [4.78, 5) is 11.7. The highest BCUT2D eigenvalue weighted by molar-refractivity contribution is 5.96. The quantitative estimate of drug-likeness (QED) is 0.458. The second kappa shape index (κ2) is 7.37. The zero-order valence-corrected chi connectivity index (χ0v) is 10.5. The summed E-state index contributed by atoms with van der Waals surface area (Å²) in [6, 6.07) is 8.60. The first-order valence-corrected chi connectivity index (χ1v) is 4.90. The van der Waals surface area contributed by atoms with Crippen LogP contribution in [0.25, 0.3) is 0 Å². The van der Waals surface area contributed by atoms with E-state index in [1.54, 1.807) is 30.3 Å². The molecule has 1 rings (SSSR count). The number of carbonyl (C=O) groups is 1. The minimum absolute atomic E-state index is 0. The van der Waals surface area contributed by atoms with Crippen molar-refractivity contribution < 1.29 is 4.79 Å². The molecule has 0 fully saturated rings. The summed E-state index contributed by atoms with van der Waals surface area (Å²) in [7, 11) is 2.47. The van der Waals surface area contributed by atoms with Crippen LogP contribution in [0.2, 0.25) is 0 Å². The number of nitrogens with zero attached hydrogens (tertiary/aromatic N) is 2. The van der Waals surface area contributed by atoms with E-state index in [4.69, 9.17) is 0 Å². The van der Waals surface area contributed by atoms with Crippen LogP contribution in [0.1, 0.15) is 16.8 Å². The summed E-state index contributed by atoms with van der Waals surface area (Å²) in [5.41, 5.74) is 0.510. The minimum Gasteiger partial charge on any atom is -0.784 e. The van der Waals surface area contributed by atoms with Crippen molar-refractivity contribution in [3.8, 4) is 0 Å². The molecule has 0 aliphatic carbocycles. The molecule has 0 saturated heterocycles. The average Bonchev–Trinajstić information content (AvgIpc) is 2.25. The SMILES string of the molecule is CN([O-])C(CC(=O)c1ccccc1)N(C)[O-].Cl. The van der Waals surface area contributed by atoms with E-state index in [1.807, 2.05) is 0 Å². The molecule has 5 nitrogen and oxygen atoms in total. The molecule has 0 N–H and O–H groups in total. The van der Waals surface area contributed by atoms with Crippen LogP contribution in [0.15, 0.2) is 30.3 Å². The first-order chi connectivity index (χ1) is 7.52. The van der Waals surface area contributed by atoms with E-state index >= 15 is 0 Å². The van der Waals surface area contributed by atoms with Gasteiger partial charge < -0.3 is 20.5 Å². The summed E-state index contributed by atoms with van der Waals surface area (Å²) in [6.07, 6.45) is -1.07. The van der Waals surface area contributed by atoms with Crippen molar-refractivity contribution in [3.63, 3.8) is 0 Å². The van der Waals surface area contributed by atoms with Crippen LogP contribution in [-0.2, 0) is 0 Å². The van der Waals surface area contributed by atoms with Gasteiger partial charge in [-0.25, -0.2) is 0 Å². The molecule has 0 atom stereocenters. The lowest BCUT2D eigenvalue weighted by atomic mass is 10.1. The molecule has 0 aliphatic heterocycles. The zero-order valence-electron chi connectivity index (χ0n) is 9.70. The van der Waals surface area contributed by atoms with Crippen LogP contribution >= 0.6 is 12.4 Å². The fraction of sp³-hybridized carbons (Fsp3) is 0.364. The Balaban J connectivity index is 0.00000256. The third-order valence-corrected chi connectivity index (χ3v) is 2.30. The van der Waals surface area contributed by atoms with E-state index in [9.17, 15) is 15.2 Å². The molecule has 96 valence electrons. The Morgan fingerprint density at radius 1 is 1.18 bits per heavy atom. The minimum atomic E-state index is -0.965. The normalized spacial score (nSPS) is 10.8. The highest BCUT2D eigenvalue weighted by Crippen LogP contribution is 2.10. The number of ketones is 1. The van der Waals surface area contributed by atoms with Gasteiger partial charge in [0.05, 0.1) is 0 Å². The van der Waals surface area contributed by atoms with Gasteiger partial charge in [0.1, 0.15) is 0 Å². The Morgan fingerprint density at radius 2 is 1.65 bits per heavy atom. The molecule has 0 aliphatic rings. The van der Waals surface area contributed by atoms with Crippen molar-refractivity contribution in [2.45, 2.75) is 12.6 Å². The molecule has 0 saturated carbocycles. The van der Waals surface area contributed by atoms with Crippen molar-refractivity contribution in [2.24, 2.45) is 0 Å². The van der Waals surface area contributed by atoms with Crippen LogP contribution in [0.5, 0.6) is 0 Å². The standard InChI is InChI=1S/C11H14N2O3.ClH/c1-12(15)11(13(2)16)8-10(14)9-6-4-3-5-7-9;/h3-7,11H,8H2,1-2H3;1H/q-2;. The Kier molecular flexibility index (Phi) is 6.94. The van der Waals surface area contributed by atoms with E-state index in [0.717, 1.165) is 0 Å². The fourth-order valence-corrected chi connectivity index (χ4v) is 1.39. The highest BCUT2D eigenvalue weighted by atomic mass is 35.5. The summed E-state index contributed by atoms with van der Waals surface area (Å²) in [5, 5.41) is 23.1. The van der Waals surface area contributed by atoms with Gasteiger partial charge >= 0.3 is 0 Å². The van der Waals surface area contributed by atoms with Crippen molar-refractivity contribution in [3.05, 3.63) is 46.3 Å². The van der Waals surface area contributed by atoms with E-state index in [1.165, 1.54) is 14.1 Å². The molecule has 1 aromatic carbocycles. The topological polar surface area (TPSA) is 69.7 Å². The second-order valence-corrected chi connectivity index (χ2v) is 3.57. The number of hydrogen-bond acceptors (Lipinski definition) is 5. The van der Waals surface area contributed by atoms with E-state index < -0.39 is 6.17 Å².